The molecule has 2 aliphatic rings. The Hall–Kier alpha value is 0.685. The number of hydrogen-bond donors (Lipinski definition) is 0. The van der Waals surface area contributed by atoms with Crippen molar-refractivity contribution in [2.45, 2.75) is 32.4 Å². The molecule has 0 aliphatic carbocycles. The number of fused-ring (bicyclic) bond motifs is 1. The standard InChI is InChI=1S/C14H18N2O2P.Rb/c1-10-8-16(14(17)18-10)13-5-4-12-9-15(19)6-2-3-11(12)7-13;/h5,7,10H,2-3,6,8-9,19H2,1H3;/q-1;+1. The number of benzene rings is 1. The van der Waals surface area contributed by atoms with E-state index < -0.39 is 0 Å². The quantitative estimate of drug-likeness (QED) is 0.493. The van der Waals surface area contributed by atoms with E-state index in [4.69, 9.17) is 4.74 Å². The molecule has 2 atom stereocenters. The first kappa shape index (κ1) is 17.0. The van der Waals surface area contributed by atoms with E-state index in [0.29, 0.717) is 6.54 Å². The molecule has 2 heterocycles. The van der Waals surface area contributed by atoms with Crippen LogP contribution in [0.3, 0.4) is 0 Å². The third-order valence-corrected chi connectivity index (χ3v) is 4.07. The molecule has 1 aromatic rings. The molecule has 0 saturated carbocycles. The van der Waals surface area contributed by atoms with Crippen molar-refractivity contribution in [3.05, 3.63) is 29.3 Å². The minimum Gasteiger partial charge on any atom is -0.445 e. The van der Waals surface area contributed by atoms with Crippen molar-refractivity contribution < 1.29 is 67.7 Å². The maximum Gasteiger partial charge on any atom is 1.00 e. The number of carbonyl (C=O) groups excluding carboxylic acids is 1. The Kier molecular flexibility index (Phi) is 6.22. The van der Waals surface area contributed by atoms with Crippen LogP contribution in [-0.2, 0) is 17.7 Å². The van der Waals surface area contributed by atoms with Crippen molar-refractivity contribution in [3.8, 4) is 0 Å². The fourth-order valence-electron chi connectivity index (χ4n) is 2.66. The summed E-state index contributed by atoms with van der Waals surface area (Å²) in [4.78, 5) is 13.5. The molecule has 0 spiro atoms. The first-order chi connectivity index (χ1) is 9.13. The van der Waals surface area contributed by atoms with Gasteiger partial charge in [0.1, 0.15) is 6.10 Å². The third kappa shape index (κ3) is 3.71. The Bertz CT molecular complexity index is 512. The molecule has 20 heavy (non-hydrogen) atoms. The number of amides is 1. The average Bonchev–Trinajstić information content (AvgIpc) is 2.59. The van der Waals surface area contributed by atoms with Gasteiger partial charge in [-0.3, -0.25) is 4.67 Å². The topological polar surface area (TPSA) is 32.8 Å². The van der Waals surface area contributed by atoms with Crippen LogP contribution in [0, 0.1) is 6.07 Å². The van der Waals surface area contributed by atoms with Gasteiger partial charge in [0, 0.05) is 13.1 Å². The van der Waals surface area contributed by atoms with E-state index in [0.717, 1.165) is 31.6 Å². The van der Waals surface area contributed by atoms with Crippen molar-refractivity contribution >= 4 is 21.2 Å². The molecule has 3 rings (SSSR count). The van der Waals surface area contributed by atoms with Crippen molar-refractivity contribution in [2.24, 2.45) is 0 Å². The molecule has 2 aliphatic heterocycles. The van der Waals surface area contributed by atoms with Gasteiger partial charge in [0.05, 0.1) is 6.54 Å². The van der Waals surface area contributed by atoms with Crippen LogP contribution in [0.15, 0.2) is 12.1 Å². The number of anilines is 1. The number of hydrogen-bond acceptors (Lipinski definition) is 3. The molecule has 1 aromatic carbocycles. The van der Waals surface area contributed by atoms with Crippen LogP contribution in [-0.4, -0.2) is 30.0 Å². The largest absolute Gasteiger partial charge is 1.00 e. The van der Waals surface area contributed by atoms with Crippen LogP contribution in [0.1, 0.15) is 24.5 Å². The predicted octanol–water partition coefficient (Wildman–Crippen LogP) is -0.626. The number of cyclic esters (lactones) is 1. The minimum atomic E-state index is -0.248. The predicted molar refractivity (Wildman–Crippen MR) is 77.0 cm³/mol. The molecule has 0 bridgehead atoms. The smallest absolute Gasteiger partial charge is 0.445 e. The molecule has 0 N–H and O–H groups in total. The van der Waals surface area contributed by atoms with Gasteiger partial charge < -0.3 is 9.64 Å². The van der Waals surface area contributed by atoms with Gasteiger partial charge in [-0.25, -0.2) is 4.79 Å². The zero-order valence-electron chi connectivity index (χ0n) is 12.1. The summed E-state index contributed by atoms with van der Waals surface area (Å²) in [6.45, 7) is 4.52. The average molecular weight is 363 g/mol. The van der Waals surface area contributed by atoms with Gasteiger partial charge in [-0.05, 0) is 13.3 Å². The second-order valence-corrected chi connectivity index (χ2v) is 5.97. The number of rotatable bonds is 1. The van der Waals surface area contributed by atoms with Crippen LogP contribution >= 0.6 is 9.39 Å². The molecule has 1 fully saturated rings. The molecule has 0 aromatic heterocycles. The van der Waals surface area contributed by atoms with Gasteiger partial charge in [0.2, 0.25) is 0 Å². The van der Waals surface area contributed by atoms with Gasteiger partial charge in [-0.15, -0.1) is 17.2 Å². The molecular weight excluding hydrogens is 345 g/mol. The molecule has 4 nitrogen and oxygen atoms in total. The maximum atomic E-state index is 11.8. The summed E-state index contributed by atoms with van der Waals surface area (Å²) in [5.41, 5.74) is 3.44. The Labute approximate surface area is 171 Å². The summed E-state index contributed by atoms with van der Waals surface area (Å²) in [5.74, 6) is 0. The zero-order chi connectivity index (χ0) is 13.4. The van der Waals surface area contributed by atoms with Crippen LogP contribution in [0.25, 0.3) is 0 Å². The van der Waals surface area contributed by atoms with E-state index >= 15 is 0 Å². The van der Waals surface area contributed by atoms with Gasteiger partial charge in [-0.1, -0.05) is 21.5 Å². The van der Waals surface area contributed by atoms with Crippen molar-refractivity contribution in [3.63, 3.8) is 0 Å². The monoisotopic (exact) mass is 362 g/mol. The van der Waals surface area contributed by atoms with Gasteiger partial charge >= 0.3 is 64.3 Å². The molecule has 1 saturated heterocycles. The van der Waals surface area contributed by atoms with E-state index in [9.17, 15) is 4.79 Å². The van der Waals surface area contributed by atoms with E-state index in [-0.39, 0.29) is 70.4 Å². The molecular formula is C14H18N2O2PRb. The normalized spacial score (nSPS) is 22.8. The second kappa shape index (κ2) is 7.30. The zero-order valence-corrected chi connectivity index (χ0v) is 18.1. The maximum absolute atomic E-state index is 11.8. The molecule has 6 heteroatoms. The Morgan fingerprint density at radius 2 is 2.30 bits per heavy atom. The Balaban J connectivity index is 0.00000147. The Morgan fingerprint density at radius 1 is 1.50 bits per heavy atom. The number of aryl methyl sites for hydroxylation is 1. The first-order valence-corrected chi connectivity index (χ1v) is 7.16. The van der Waals surface area contributed by atoms with E-state index in [1.165, 1.54) is 11.1 Å². The van der Waals surface area contributed by atoms with Crippen molar-refractivity contribution in [1.29, 1.82) is 0 Å². The van der Waals surface area contributed by atoms with Crippen LogP contribution in [0.2, 0.25) is 0 Å². The van der Waals surface area contributed by atoms with Gasteiger partial charge in [0.15, 0.2) is 0 Å². The number of carbonyl (C=O) groups is 1. The molecule has 0 radical (unpaired) electrons. The van der Waals surface area contributed by atoms with Gasteiger partial charge in [0.25, 0.3) is 0 Å². The second-order valence-electron chi connectivity index (χ2n) is 5.24. The fourth-order valence-corrected chi connectivity index (χ4v) is 3.02. The summed E-state index contributed by atoms with van der Waals surface area (Å²) < 4.78 is 7.41. The molecule has 1 amide bonds. The van der Waals surface area contributed by atoms with E-state index in [1.807, 2.05) is 13.0 Å². The van der Waals surface area contributed by atoms with Crippen LogP contribution in [0.4, 0.5) is 10.5 Å². The molecule has 102 valence electrons. The fraction of sp³-hybridized carbons (Fsp3) is 0.500. The van der Waals surface area contributed by atoms with Gasteiger partial charge in [-0.2, -0.15) is 12.1 Å². The SMILES string of the molecule is CC1CN(c2c[c-]c3c(c2)CCCN(P)C3)C(=O)O1.[Rb+]. The van der Waals surface area contributed by atoms with Crippen molar-refractivity contribution in [1.82, 2.24) is 4.67 Å². The summed E-state index contributed by atoms with van der Waals surface area (Å²) in [6.07, 6.45) is 1.90. The minimum absolute atomic E-state index is 0. The van der Waals surface area contributed by atoms with E-state index in [1.54, 1.807) is 4.90 Å². The number of nitrogens with zero attached hydrogens (tertiary/aromatic N) is 2. The van der Waals surface area contributed by atoms with Crippen LogP contribution in [0.5, 0.6) is 0 Å². The van der Waals surface area contributed by atoms with Crippen molar-refractivity contribution in [2.75, 3.05) is 18.0 Å². The summed E-state index contributed by atoms with van der Waals surface area (Å²) in [7, 11) is 2.76. The number of ether oxygens (including phenoxy) is 1. The van der Waals surface area contributed by atoms with Crippen LogP contribution < -0.4 is 63.1 Å². The summed E-state index contributed by atoms with van der Waals surface area (Å²) in [6, 6.07) is 7.36. The van der Waals surface area contributed by atoms with E-state index in [2.05, 4.69) is 26.2 Å². The third-order valence-electron chi connectivity index (χ3n) is 3.63. The Morgan fingerprint density at radius 3 is 3.00 bits per heavy atom. The molecule has 2 unspecified atom stereocenters. The summed E-state index contributed by atoms with van der Waals surface area (Å²) >= 11 is 0. The summed E-state index contributed by atoms with van der Waals surface area (Å²) in [5, 5.41) is 0. The first-order valence-electron chi connectivity index (χ1n) is 6.65.